The molecule has 2 atom stereocenters. The molecule has 196 valence electrons. The first-order chi connectivity index (χ1) is 17.2. The first kappa shape index (κ1) is 25.9. The molecule has 2 heterocycles. The number of hydrogen-bond donors (Lipinski definition) is 2. The molecule has 1 unspecified atom stereocenters. The fraction of sp³-hybridized carbons (Fsp3) is 0.600. The fourth-order valence-electron chi connectivity index (χ4n) is 5.55. The van der Waals surface area contributed by atoms with Crippen LogP contribution in [0.5, 0.6) is 0 Å². The SMILES string of the molecule is CN1CC(=O)N2C(CCC(=O)O)C(=O)N(CC3CCCCC3)C[C@@H]2N1C(=O)NCc1ccc(F)cc1. The van der Waals surface area contributed by atoms with Crippen molar-refractivity contribution in [2.45, 2.75) is 63.7 Å². The lowest BCUT2D eigenvalue weighted by Gasteiger charge is -2.54. The van der Waals surface area contributed by atoms with Crippen LogP contribution in [-0.2, 0) is 20.9 Å². The molecule has 1 saturated carbocycles. The first-order valence-electron chi connectivity index (χ1n) is 12.6. The average Bonchev–Trinajstić information content (AvgIpc) is 2.84. The van der Waals surface area contributed by atoms with Crippen molar-refractivity contribution in [1.82, 2.24) is 25.1 Å². The van der Waals surface area contributed by atoms with E-state index in [1.54, 1.807) is 24.1 Å². The van der Waals surface area contributed by atoms with Gasteiger partial charge in [0, 0.05) is 26.6 Å². The summed E-state index contributed by atoms with van der Waals surface area (Å²) in [7, 11) is 1.64. The number of hydrazine groups is 1. The molecular formula is C25H34FN5O5. The second-order valence-corrected chi connectivity index (χ2v) is 9.92. The highest BCUT2D eigenvalue weighted by Crippen LogP contribution is 2.31. The number of carboxylic acid groups (broad SMARTS) is 1. The van der Waals surface area contributed by atoms with Crippen LogP contribution in [0.4, 0.5) is 9.18 Å². The van der Waals surface area contributed by atoms with E-state index >= 15 is 0 Å². The number of aliphatic carboxylic acids is 1. The van der Waals surface area contributed by atoms with Crippen molar-refractivity contribution >= 4 is 23.8 Å². The molecule has 1 aromatic carbocycles. The molecule has 3 aliphatic rings. The van der Waals surface area contributed by atoms with Gasteiger partial charge in [0.25, 0.3) is 0 Å². The Morgan fingerprint density at radius 3 is 2.47 bits per heavy atom. The largest absolute Gasteiger partial charge is 0.481 e. The summed E-state index contributed by atoms with van der Waals surface area (Å²) in [6.45, 7) is 0.756. The predicted octanol–water partition coefficient (Wildman–Crippen LogP) is 2.01. The molecule has 0 spiro atoms. The summed E-state index contributed by atoms with van der Waals surface area (Å²) in [6.07, 6.45) is 4.46. The molecule has 2 saturated heterocycles. The van der Waals surface area contributed by atoms with Crippen LogP contribution in [0.25, 0.3) is 0 Å². The quantitative estimate of drug-likeness (QED) is 0.589. The van der Waals surface area contributed by atoms with E-state index < -0.39 is 24.2 Å². The molecule has 0 radical (unpaired) electrons. The number of piperazine rings is 1. The molecule has 2 aliphatic heterocycles. The van der Waals surface area contributed by atoms with Gasteiger partial charge in [0.15, 0.2) is 0 Å². The normalized spacial score (nSPS) is 23.6. The van der Waals surface area contributed by atoms with E-state index in [0.717, 1.165) is 31.2 Å². The van der Waals surface area contributed by atoms with Gasteiger partial charge in [-0.05, 0) is 42.9 Å². The summed E-state index contributed by atoms with van der Waals surface area (Å²) >= 11 is 0. The summed E-state index contributed by atoms with van der Waals surface area (Å²) in [6, 6.07) is 4.41. The Hall–Kier alpha value is -3.21. The Balaban J connectivity index is 1.56. The lowest BCUT2D eigenvalue weighted by atomic mass is 9.88. The Labute approximate surface area is 210 Å². The molecule has 1 aromatic rings. The summed E-state index contributed by atoms with van der Waals surface area (Å²) in [4.78, 5) is 54.3. The molecular weight excluding hydrogens is 469 g/mol. The number of benzene rings is 1. The number of fused-ring (bicyclic) bond motifs is 1. The van der Waals surface area contributed by atoms with Gasteiger partial charge in [0.2, 0.25) is 11.8 Å². The number of rotatable bonds is 7. The molecule has 0 bridgehead atoms. The molecule has 3 fully saturated rings. The first-order valence-corrected chi connectivity index (χ1v) is 12.6. The van der Waals surface area contributed by atoms with Gasteiger partial charge in [-0.15, -0.1) is 0 Å². The van der Waals surface area contributed by atoms with Crippen LogP contribution >= 0.6 is 0 Å². The smallest absolute Gasteiger partial charge is 0.334 e. The van der Waals surface area contributed by atoms with E-state index in [-0.39, 0.29) is 50.1 Å². The second-order valence-electron chi connectivity index (χ2n) is 9.92. The van der Waals surface area contributed by atoms with Gasteiger partial charge in [-0.25, -0.2) is 19.2 Å². The lowest BCUT2D eigenvalue weighted by Crippen LogP contribution is -2.76. The maximum atomic E-state index is 13.5. The molecule has 36 heavy (non-hydrogen) atoms. The van der Waals surface area contributed by atoms with Crippen molar-refractivity contribution in [2.75, 3.05) is 26.7 Å². The lowest BCUT2D eigenvalue weighted by molar-refractivity contribution is -0.188. The van der Waals surface area contributed by atoms with Crippen LogP contribution in [0.15, 0.2) is 24.3 Å². The fourth-order valence-corrected chi connectivity index (χ4v) is 5.55. The van der Waals surface area contributed by atoms with Crippen molar-refractivity contribution in [3.63, 3.8) is 0 Å². The van der Waals surface area contributed by atoms with Crippen molar-refractivity contribution in [3.05, 3.63) is 35.6 Å². The standard InChI is InChI=1S/C25H34FN5O5/c1-28-16-22(32)30-20(11-12-23(33)34)24(35)29(14-18-5-3-2-4-6-18)15-21(30)31(28)25(36)27-13-17-7-9-19(26)10-8-17/h7-10,18,20-21H,2-6,11-16H2,1H3,(H,27,36)(H,33,34)/t20?,21-/m0/s1. The van der Waals surface area contributed by atoms with Crippen molar-refractivity contribution in [2.24, 2.45) is 5.92 Å². The van der Waals surface area contributed by atoms with E-state index in [4.69, 9.17) is 0 Å². The van der Waals surface area contributed by atoms with E-state index in [1.807, 2.05) is 0 Å². The van der Waals surface area contributed by atoms with Gasteiger partial charge < -0.3 is 20.2 Å². The highest BCUT2D eigenvalue weighted by atomic mass is 19.1. The van der Waals surface area contributed by atoms with E-state index in [9.17, 15) is 28.7 Å². The van der Waals surface area contributed by atoms with Crippen LogP contribution < -0.4 is 5.32 Å². The number of nitrogens with zero attached hydrogens (tertiary/aromatic N) is 4. The Bertz CT molecular complexity index is 984. The molecule has 4 amide bonds. The number of likely N-dealkylation sites (N-methyl/N-ethyl adjacent to an activating group) is 1. The molecule has 1 aliphatic carbocycles. The van der Waals surface area contributed by atoms with Crippen LogP contribution in [0.2, 0.25) is 0 Å². The van der Waals surface area contributed by atoms with E-state index in [2.05, 4.69) is 5.32 Å². The zero-order valence-electron chi connectivity index (χ0n) is 20.6. The Morgan fingerprint density at radius 1 is 1.11 bits per heavy atom. The number of carbonyl (C=O) groups is 4. The summed E-state index contributed by atoms with van der Waals surface area (Å²) < 4.78 is 13.2. The second kappa shape index (κ2) is 11.2. The molecule has 0 aromatic heterocycles. The zero-order chi connectivity index (χ0) is 25.8. The minimum atomic E-state index is -1.04. The van der Waals surface area contributed by atoms with Gasteiger partial charge in [-0.2, -0.15) is 0 Å². The van der Waals surface area contributed by atoms with Crippen LogP contribution in [0, 0.1) is 11.7 Å². The average molecular weight is 504 g/mol. The van der Waals surface area contributed by atoms with Crippen molar-refractivity contribution in [1.29, 1.82) is 0 Å². The summed E-state index contributed by atoms with van der Waals surface area (Å²) in [5, 5.41) is 15.1. The molecule has 11 heteroatoms. The predicted molar refractivity (Wildman–Crippen MR) is 128 cm³/mol. The number of carbonyl (C=O) groups excluding carboxylic acids is 3. The van der Waals surface area contributed by atoms with Gasteiger partial charge in [0.05, 0.1) is 13.1 Å². The number of carboxylic acids is 1. The van der Waals surface area contributed by atoms with Gasteiger partial charge >= 0.3 is 12.0 Å². The van der Waals surface area contributed by atoms with Crippen LogP contribution in [0.3, 0.4) is 0 Å². The molecule has 2 N–H and O–H groups in total. The number of nitrogens with one attached hydrogen (secondary N) is 1. The third-order valence-electron chi connectivity index (χ3n) is 7.34. The van der Waals surface area contributed by atoms with Crippen LogP contribution in [0.1, 0.15) is 50.5 Å². The summed E-state index contributed by atoms with van der Waals surface area (Å²) in [5.74, 6) is -1.62. The molecule has 4 rings (SSSR count). The zero-order valence-corrected chi connectivity index (χ0v) is 20.6. The van der Waals surface area contributed by atoms with Crippen molar-refractivity contribution in [3.8, 4) is 0 Å². The number of urea groups is 1. The third kappa shape index (κ3) is 5.77. The Morgan fingerprint density at radius 2 is 1.81 bits per heavy atom. The topological polar surface area (TPSA) is 114 Å². The summed E-state index contributed by atoms with van der Waals surface area (Å²) in [5.41, 5.74) is 0.717. The van der Waals surface area contributed by atoms with E-state index in [1.165, 1.54) is 33.5 Å². The minimum absolute atomic E-state index is 0.00761. The van der Waals surface area contributed by atoms with Crippen LogP contribution in [-0.4, -0.2) is 87.6 Å². The highest BCUT2D eigenvalue weighted by molar-refractivity contribution is 5.91. The van der Waals surface area contributed by atoms with Gasteiger partial charge in [-0.3, -0.25) is 14.4 Å². The maximum Gasteiger partial charge on any atom is 0.334 e. The number of hydrogen-bond acceptors (Lipinski definition) is 5. The highest BCUT2D eigenvalue weighted by Gasteiger charge is 2.50. The maximum absolute atomic E-state index is 13.5. The number of amides is 4. The van der Waals surface area contributed by atoms with Crippen molar-refractivity contribution < 1.29 is 28.7 Å². The van der Waals surface area contributed by atoms with Gasteiger partial charge in [0.1, 0.15) is 18.0 Å². The minimum Gasteiger partial charge on any atom is -0.481 e. The van der Waals surface area contributed by atoms with E-state index in [0.29, 0.717) is 12.5 Å². The third-order valence-corrected chi connectivity index (χ3v) is 7.34. The monoisotopic (exact) mass is 503 g/mol. The number of halogens is 1. The molecule has 10 nitrogen and oxygen atoms in total. The Kier molecular flexibility index (Phi) is 8.07. The van der Waals surface area contributed by atoms with Gasteiger partial charge in [-0.1, -0.05) is 31.4 Å².